The van der Waals surface area contributed by atoms with Gasteiger partial charge in [-0.15, -0.1) is 0 Å². The zero-order valence-corrected chi connectivity index (χ0v) is 24.9. The van der Waals surface area contributed by atoms with E-state index in [0.717, 1.165) is 5.56 Å². The number of aliphatic hydroxyl groups excluding tert-OH is 2. The van der Waals surface area contributed by atoms with Crippen LogP contribution >= 0.6 is 0 Å². The summed E-state index contributed by atoms with van der Waals surface area (Å²) in [4.78, 5) is 26.0. The number of rotatable bonds is 12. The number of carbonyl (C=O) groups excluding carboxylic acids is 2. The minimum Gasteiger partial charge on any atom is -0.550 e. The molecule has 1 heterocycles. The maximum Gasteiger partial charge on any atom is 1.00 e. The van der Waals surface area contributed by atoms with E-state index in [1.165, 1.54) is 28.9 Å². The first-order valence-corrected chi connectivity index (χ1v) is 12.4. The van der Waals surface area contributed by atoms with Crippen LogP contribution in [0.25, 0.3) is 5.69 Å². The van der Waals surface area contributed by atoms with Crippen LogP contribution in [0.3, 0.4) is 0 Å². The summed E-state index contributed by atoms with van der Waals surface area (Å²) in [6, 6.07) is 14.8. The molecule has 0 bridgehead atoms. The Hall–Kier alpha value is -2.76. The van der Waals surface area contributed by atoms with Crippen LogP contribution in [0.2, 0.25) is 0 Å². The van der Waals surface area contributed by atoms with Gasteiger partial charge in [0.15, 0.2) is 5.69 Å². The fraction of sp³-hybridized carbons (Fsp3) is 0.393. The Morgan fingerprint density at radius 2 is 1.67 bits per heavy atom. The molecule has 3 unspecified atom stereocenters. The number of nitrogens with zero attached hydrogens (tertiary/aromatic N) is 3. The van der Waals surface area contributed by atoms with E-state index in [-0.39, 0.29) is 72.0 Å². The van der Waals surface area contributed by atoms with E-state index in [4.69, 9.17) is 4.74 Å². The number of aliphatic carboxylic acids is 1. The van der Waals surface area contributed by atoms with Gasteiger partial charge in [0.2, 0.25) is 5.88 Å². The number of hydrogen-bond acceptors (Lipinski definition) is 7. The van der Waals surface area contributed by atoms with Crippen molar-refractivity contribution in [2.24, 2.45) is 0 Å². The summed E-state index contributed by atoms with van der Waals surface area (Å²) in [6.45, 7) is 5.35. The summed E-state index contributed by atoms with van der Waals surface area (Å²) in [6.07, 6.45) is -3.39. The molecular weight excluding hydrogens is 516 g/mol. The number of benzene rings is 2. The van der Waals surface area contributed by atoms with E-state index in [2.05, 4.69) is 5.10 Å². The number of halogens is 1. The Bertz CT molecular complexity index is 1240. The zero-order valence-electron chi connectivity index (χ0n) is 22.9. The summed E-state index contributed by atoms with van der Waals surface area (Å²) in [5.41, 5.74) is 2.03. The van der Waals surface area contributed by atoms with Crippen molar-refractivity contribution >= 4 is 11.9 Å². The van der Waals surface area contributed by atoms with Crippen LogP contribution < -0.4 is 39.4 Å². The van der Waals surface area contributed by atoms with Gasteiger partial charge in [-0.05, 0) is 42.7 Å². The zero-order chi connectivity index (χ0) is 28.0. The molecule has 0 saturated heterocycles. The second-order valence-electron chi connectivity index (χ2n) is 9.54. The Balaban J connectivity index is 0.00000533. The van der Waals surface area contributed by atoms with Crippen molar-refractivity contribution in [1.29, 1.82) is 0 Å². The van der Waals surface area contributed by atoms with Crippen molar-refractivity contribution < 1.29 is 63.6 Å². The third-order valence-corrected chi connectivity index (χ3v) is 6.27. The number of aliphatic hydroxyl groups is 2. The Morgan fingerprint density at radius 3 is 2.23 bits per heavy atom. The number of hydrogen-bond donors (Lipinski definition) is 2. The number of carbonyl (C=O) groups is 2. The topological polar surface area (TPSA) is 128 Å². The fourth-order valence-corrected chi connectivity index (χ4v) is 4.12. The van der Waals surface area contributed by atoms with Gasteiger partial charge in [0.05, 0.1) is 23.9 Å². The molecule has 2 N–H and O–H groups in total. The fourth-order valence-electron chi connectivity index (χ4n) is 4.12. The van der Waals surface area contributed by atoms with Gasteiger partial charge in [0, 0.05) is 31.4 Å². The van der Waals surface area contributed by atoms with Crippen molar-refractivity contribution in [2.45, 2.75) is 57.8 Å². The molecule has 0 aliphatic heterocycles. The van der Waals surface area contributed by atoms with Crippen LogP contribution in [0.5, 0.6) is 5.88 Å². The maximum absolute atomic E-state index is 13.7. The monoisotopic (exact) mass is 549 g/mol. The summed E-state index contributed by atoms with van der Waals surface area (Å²) in [7, 11) is 1.68. The van der Waals surface area contributed by atoms with Crippen molar-refractivity contribution in [3.8, 4) is 11.6 Å². The Kier molecular flexibility index (Phi) is 12.1. The van der Waals surface area contributed by atoms with Crippen LogP contribution in [0.1, 0.15) is 67.2 Å². The van der Waals surface area contributed by atoms with Crippen molar-refractivity contribution in [3.05, 3.63) is 77.2 Å². The van der Waals surface area contributed by atoms with E-state index in [9.17, 15) is 29.3 Å². The Morgan fingerprint density at radius 1 is 1.05 bits per heavy atom. The number of amides is 1. The third kappa shape index (κ3) is 8.36. The van der Waals surface area contributed by atoms with Crippen LogP contribution in [0.4, 0.5) is 4.39 Å². The molecule has 0 aliphatic rings. The summed E-state index contributed by atoms with van der Waals surface area (Å²) in [5, 5.41) is 35.5. The van der Waals surface area contributed by atoms with E-state index >= 15 is 0 Å². The SMILES string of the molecule is CC(C)c1c(C(=O)N(C)C(C)c2ccccc2)nn(-c2ccc(F)cc2)c1OCC(O)CC(O)CC(=O)[O-].[Na+]. The molecule has 1 aromatic heterocycles. The molecule has 0 aliphatic carbocycles. The maximum atomic E-state index is 13.7. The minimum atomic E-state index is -1.43. The molecule has 0 radical (unpaired) electrons. The first-order valence-electron chi connectivity index (χ1n) is 12.4. The van der Waals surface area contributed by atoms with Crippen molar-refractivity contribution in [3.63, 3.8) is 0 Å². The van der Waals surface area contributed by atoms with E-state index in [0.29, 0.717) is 11.3 Å². The van der Waals surface area contributed by atoms with E-state index < -0.39 is 30.4 Å². The van der Waals surface area contributed by atoms with Gasteiger partial charge in [-0.25, -0.2) is 9.07 Å². The molecule has 0 saturated carbocycles. The average Bonchev–Trinajstić information content (AvgIpc) is 3.26. The molecular formula is C28H33FN3NaO6. The van der Waals surface area contributed by atoms with Gasteiger partial charge in [-0.3, -0.25) is 4.79 Å². The molecule has 3 atom stereocenters. The number of aromatic nitrogens is 2. The van der Waals surface area contributed by atoms with Gasteiger partial charge < -0.3 is 29.8 Å². The molecule has 0 fully saturated rings. The molecule has 39 heavy (non-hydrogen) atoms. The molecule has 11 heteroatoms. The van der Waals surface area contributed by atoms with Crippen LogP contribution in [0.15, 0.2) is 54.6 Å². The average molecular weight is 550 g/mol. The second-order valence-corrected chi connectivity index (χ2v) is 9.54. The second kappa shape index (κ2) is 14.6. The summed E-state index contributed by atoms with van der Waals surface area (Å²) >= 11 is 0. The smallest absolute Gasteiger partial charge is 0.550 e. The van der Waals surface area contributed by atoms with Gasteiger partial charge in [0.1, 0.15) is 12.4 Å². The van der Waals surface area contributed by atoms with Crippen LogP contribution in [0, 0.1) is 5.82 Å². The molecule has 9 nitrogen and oxygen atoms in total. The predicted molar refractivity (Wildman–Crippen MR) is 136 cm³/mol. The molecule has 2 aromatic carbocycles. The number of carboxylic acids is 1. The summed E-state index contributed by atoms with van der Waals surface area (Å²) in [5.74, 6) is -2.26. The van der Waals surface area contributed by atoms with Gasteiger partial charge in [-0.2, -0.15) is 5.10 Å². The van der Waals surface area contributed by atoms with Gasteiger partial charge >= 0.3 is 29.6 Å². The normalized spacial score (nSPS) is 13.3. The van der Waals surface area contributed by atoms with Gasteiger partial charge in [-0.1, -0.05) is 44.2 Å². The minimum absolute atomic E-state index is 0. The number of carboxylic acid groups (broad SMARTS) is 1. The van der Waals surface area contributed by atoms with E-state index in [1.54, 1.807) is 11.9 Å². The molecule has 3 aromatic rings. The largest absolute Gasteiger partial charge is 1.00 e. The molecule has 204 valence electrons. The van der Waals surface area contributed by atoms with Crippen LogP contribution in [-0.4, -0.2) is 62.6 Å². The van der Waals surface area contributed by atoms with Crippen molar-refractivity contribution in [2.75, 3.05) is 13.7 Å². The van der Waals surface area contributed by atoms with Crippen LogP contribution in [-0.2, 0) is 4.79 Å². The third-order valence-electron chi connectivity index (χ3n) is 6.27. The standard InChI is InChI=1S/C28H34FN3O6.Na/c1-17(2)25-26(27(37)31(4)18(3)19-8-6-5-7-9-19)30-32(21-12-10-20(29)11-13-21)28(25)38-16-23(34)14-22(33)15-24(35)36;/h5-13,17-18,22-23,33-34H,14-16H2,1-4H3,(H,35,36);/q;+1/p-1. The van der Waals surface area contributed by atoms with E-state index in [1.807, 2.05) is 51.1 Å². The quantitative estimate of drug-likeness (QED) is 0.295. The van der Waals surface area contributed by atoms with Gasteiger partial charge in [0.25, 0.3) is 5.91 Å². The first kappa shape index (κ1) is 32.5. The molecule has 3 rings (SSSR count). The summed E-state index contributed by atoms with van der Waals surface area (Å²) < 4.78 is 21.0. The molecule has 1 amide bonds. The van der Waals surface area contributed by atoms with Crippen molar-refractivity contribution in [1.82, 2.24) is 14.7 Å². The first-order chi connectivity index (χ1) is 18.0. The Labute approximate surface area is 249 Å². The predicted octanol–water partition coefficient (Wildman–Crippen LogP) is -0.397. The number of ether oxygens (including phenoxy) is 1. The molecule has 0 spiro atoms.